The molecule has 1 N–H and O–H groups in total. The van der Waals surface area contributed by atoms with E-state index in [1.165, 1.54) is 174 Å². The Balaban J connectivity index is 0. The highest BCUT2D eigenvalue weighted by molar-refractivity contribution is 5.87. The van der Waals surface area contributed by atoms with E-state index in [0.29, 0.717) is 12.2 Å². The van der Waals surface area contributed by atoms with Crippen LogP contribution in [0.5, 0.6) is 0 Å². The van der Waals surface area contributed by atoms with Gasteiger partial charge < -0.3 is 9.84 Å². The van der Waals surface area contributed by atoms with Crippen LogP contribution in [0.15, 0.2) is 24.3 Å². The fraction of sp³-hybridized carbons (Fsp3) is 0.846. The minimum Gasteiger partial charge on any atom is -0.478 e. The van der Waals surface area contributed by atoms with Crippen LogP contribution < -0.4 is 0 Å². The Morgan fingerprint density at radius 1 is 0.488 bits per heavy atom. The molecule has 0 aromatic carbocycles. The highest BCUT2D eigenvalue weighted by atomic mass is 16.5. The number of carboxylic acids is 1. The Kier molecular flexibility index (Phi) is 37.1. The van der Waals surface area contributed by atoms with Crippen molar-refractivity contribution in [3.8, 4) is 0 Å². The van der Waals surface area contributed by atoms with Gasteiger partial charge in [-0.1, -0.05) is 194 Å². The van der Waals surface area contributed by atoms with Gasteiger partial charge in [0.1, 0.15) is 0 Å². The van der Waals surface area contributed by atoms with Gasteiger partial charge in [-0.2, -0.15) is 0 Å². The third kappa shape index (κ3) is 38.4. The first-order chi connectivity index (χ1) is 20.9. The van der Waals surface area contributed by atoms with Crippen LogP contribution in [-0.2, 0) is 14.3 Å². The number of carbonyl (C=O) groups excluding carboxylic acids is 1. The Hall–Kier alpha value is -1.58. The largest absolute Gasteiger partial charge is 0.478 e. The zero-order valence-corrected chi connectivity index (χ0v) is 29.3. The van der Waals surface area contributed by atoms with Crippen LogP contribution >= 0.6 is 0 Å². The summed E-state index contributed by atoms with van der Waals surface area (Å²) in [6.07, 6.45) is 38.7. The van der Waals surface area contributed by atoms with Crippen molar-refractivity contribution in [3.63, 3.8) is 0 Å². The molecule has 0 aliphatic carbocycles. The number of aliphatic carboxylic acids is 1. The van der Waals surface area contributed by atoms with Crippen molar-refractivity contribution in [1.29, 1.82) is 0 Å². The molecule has 0 aliphatic rings. The summed E-state index contributed by atoms with van der Waals surface area (Å²) < 4.78 is 5.44. The highest BCUT2D eigenvalue weighted by Crippen LogP contribution is 2.16. The van der Waals surface area contributed by atoms with Gasteiger partial charge in [0.05, 0.1) is 6.61 Å². The third-order valence-corrected chi connectivity index (χ3v) is 8.22. The van der Waals surface area contributed by atoms with Gasteiger partial charge in [0.25, 0.3) is 0 Å². The molecule has 254 valence electrons. The molecule has 0 aromatic rings. The second-order valence-electron chi connectivity index (χ2n) is 12.8. The molecule has 0 saturated carbocycles. The topological polar surface area (TPSA) is 63.6 Å². The van der Waals surface area contributed by atoms with E-state index in [4.69, 9.17) is 9.84 Å². The van der Waals surface area contributed by atoms with Crippen molar-refractivity contribution in [2.24, 2.45) is 0 Å². The van der Waals surface area contributed by atoms with Gasteiger partial charge in [-0.15, -0.1) is 0 Å². The first-order valence-corrected chi connectivity index (χ1v) is 18.6. The van der Waals surface area contributed by atoms with Crippen LogP contribution in [0, 0.1) is 0 Å². The summed E-state index contributed by atoms with van der Waals surface area (Å²) in [6.45, 7) is 13.7. The number of rotatable bonds is 32. The number of carbonyl (C=O) groups is 2. The maximum Gasteiger partial charge on any atom is 0.333 e. The van der Waals surface area contributed by atoms with Gasteiger partial charge in [-0.25, -0.2) is 9.59 Å². The van der Waals surface area contributed by atoms with Crippen LogP contribution in [0.4, 0.5) is 0 Å². The van der Waals surface area contributed by atoms with Gasteiger partial charge in [0, 0.05) is 11.1 Å². The summed E-state index contributed by atoms with van der Waals surface area (Å²) in [4.78, 5) is 21.7. The minimum atomic E-state index is -0.935. The summed E-state index contributed by atoms with van der Waals surface area (Å²) in [7, 11) is 0. The SMILES string of the molecule is C=C(C)C(=O)O.C=C(CCCCCCCCCCCCCC)C(=O)OCCCCCCCCCCCCCCCCCC. The first kappa shape index (κ1) is 43.5. The molecule has 0 heterocycles. The van der Waals surface area contributed by atoms with Crippen molar-refractivity contribution in [2.45, 2.75) is 207 Å². The average Bonchev–Trinajstić information content (AvgIpc) is 2.99. The smallest absolute Gasteiger partial charge is 0.333 e. The van der Waals surface area contributed by atoms with E-state index in [0.717, 1.165) is 19.3 Å². The van der Waals surface area contributed by atoms with Crippen LogP contribution in [0.2, 0.25) is 0 Å². The summed E-state index contributed by atoms with van der Waals surface area (Å²) in [6, 6.07) is 0. The molecule has 0 bridgehead atoms. The molecule has 0 amide bonds. The number of hydrogen-bond donors (Lipinski definition) is 1. The fourth-order valence-electron chi connectivity index (χ4n) is 5.20. The predicted octanol–water partition coefficient (Wildman–Crippen LogP) is 13.1. The number of carboxylic acid groups (broad SMARTS) is 1. The van der Waals surface area contributed by atoms with E-state index in [1.54, 1.807) is 0 Å². The van der Waals surface area contributed by atoms with Crippen molar-refractivity contribution in [3.05, 3.63) is 24.3 Å². The van der Waals surface area contributed by atoms with E-state index < -0.39 is 5.97 Å². The molecule has 0 aromatic heterocycles. The molecule has 0 unspecified atom stereocenters. The lowest BCUT2D eigenvalue weighted by Crippen LogP contribution is -2.08. The van der Waals surface area contributed by atoms with Crippen LogP contribution in [-0.4, -0.2) is 23.7 Å². The highest BCUT2D eigenvalue weighted by Gasteiger charge is 2.08. The van der Waals surface area contributed by atoms with E-state index in [1.807, 2.05) is 0 Å². The lowest BCUT2D eigenvalue weighted by Gasteiger charge is -2.07. The van der Waals surface area contributed by atoms with Gasteiger partial charge in [0.15, 0.2) is 0 Å². The molecule has 0 atom stereocenters. The molecule has 4 heteroatoms. The van der Waals surface area contributed by atoms with Crippen molar-refractivity contribution in [2.75, 3.05) is 6.61 Å². The summed E-state index contributed by atoms with van der Waals surface area (Å²) in [5.74, 6) is -1.10. The summed E-state index contributed by atoms with van der Waals surface area (Å²) in [5.41, 5.74) is 0.846. The first-order valence-electron chi connectivity index (χ1n) is 18.6. The van der Waals surface area contributed by atoms with Crippen LogP contribution in [0.3, 0.4) is 0 Å². The van der Waals surface area contributed by atoms with Crippen molar-refractivity contribution < 1.29 is 19.4 Å². The molecule has 0 fully saturated rings. The lowest BCUT2D eigenvalue weighted by molar-refractivity contribution is -0.139. The zero-order chi connectivity index (χ0) is 32.2. The number of hydrogen-bond acceptors (Lipinski definition) is 3. The Morgan fingerprint density at radius 2 is 0.744 bits per heavy atom. The molecule has 0 saturated heterocycles. The number of ether oxygens (including phenoxy) is 1. The minimum absolute atomic E-state index is 0.163. The van der Waals surface area contributed by atoms with Crippen LogP contribution in [0.25, 0.3) is 0 Å². The lowest BCUT2D eigenvalue weighted by atomic mass is 10.0. The maximum absolute atomic E-state index is 12.1. The molecule has 0 radical (unpaired) electrons. The van der Waals surface area contributed by atoms with E-state index >= 15 is 0 Å². The van der Waals surface area contributed by atoms with E-state index in [9.17, 15) is 9.59 Å². The normalized spacial score (nSPS) is 10.7. The van der Waals surface area contributed by atoms with Crippen LogP contribution in [0.1, 0.15) is 207 Å². The molecular formula is C39H74O4. The zero-order valence-electron chi connectivity index (χ0n) is 29.3. The van der Waals surface area contributed by atoms with Crippen molar-refractivity contribution >= 4 is 11.9 Å². The summed E-state index contributed by atoms with van der Waals surface area (Å²) in [5, 5.41) is 7.89. The monoisotopic (exact) mass is 607 g/mol. The second kappa shape index (κ2) is 36.6. The average molecular weight is 607 g/mol. The quantitative estimate of drug-likeness (QED) is 0.0470. The molecule has 43 heavy (non-hydrogen) atoms. The van der Waals surface area contributed by atoms with Crippen molar-refractivity contribution in [1.82, 2.24) is 0 Å². The van der Waals surface area contributed by atoms with Gasteiger partial charge in [0.2, 0.25) is 0 Å². The summed E-state index contributed by atoms with van der Waals surface area (Å²) >= 11 is 0. The Bertz CT molecular complexity index is 627. The molecule has 0 aliphatic heterocycles. The molecular weight excluding hydrogens is 532 g/mol. The van der Waals surface area contributed by atoms with Gasteiger partial charge in [-0.05, 0) is 26.2 Å². The third-order valence-electron chi connectivity index (χ3n) is 8.22. The standard InChI is InChI=1S/C35H68O2.C4H6O2/c1-4-6-8-10-12-14-16-18-19-20-21-23-25-27-29-31-33-37-35(36)34(3)32-30-28-26-24-22-17-15-13-11-9-7-5-2;1-3(2)4(5)6/h3-33H2,1-2H3;1H2,2H3,(H,5,6). The second-order valence-corrected chi connectivity index (χ2v) is 12.8. The number of unbranched alkanes of at least 4 members (excludes halogenated alkanes) is 26. The van der Waals surface area contributed by atoms with E-state index in [-0.39, 0.29) is 11.5 Å². The van der Waals surface area contributed by atoms with E-state index in [2.05, 4.69) is 27.0 Å². The number of esters is 1. The fourth-order valence-corrected chi connectivity index (χ4v) is 5.20. The maximum atomic E-state index is 12.1. The van der Waals surface area contributed by atoms with Gasteiger partial charge >= 0.3 is 11.9 Å². The molecule has 0 rings (SSSR count). The Labute approximate surface area is 268 Å². The predicted molar refractivity (Wildman–Crippen MR) is 188 cm³/mol. The van der Waals surface area contributed by atoms with Gasteiger partial charge in [-0.3, -0.25) is 0 Å². The molecule has 0 spiro atoms. The Morgan fingerprint density at radius 3 is 1.02 bits per heavy atom. The molecule has 4 nitrogen and oxygen atoms in total.